The molecule has 2 unspecified atom stereocenters. The maximum absolute atomic E-state index is 9.81. The molecule has 0 radical (unpaired) electrons. The predicted molar refractivity (Wildman–Crippen MR) is 77.9 cm³/mol. The summed E-state index contributed by atoms with van der Waals surface area (Å²) in [5.74, 6) is 0. The van der Waals surface area contributed by atoms with E-state index in [0.29, 0.717) is 12.1 Å². The highest BCUT2D eigenvalue weighted by Crippen LogP contribution is 2.31. The molecule has 2 N–H and O–H groups in total. The van der Waals surface area contributed by atoms with Crippen molar-refractivity contribution in [1.82, 2.24) is 10.2 Å². The fourth-order valence-corrected chi connectivity index (χ4v) is 3.46. The summed E-state index contributed by atoms with van der Waals surface area (Å²) in [6, 6.07) is 1.08. The van der Waals surface area contributed by atoms with Gasteiger partial charge in [0.25, 0.3) is 0 Å². The van der Waals surface area contributed by atoms with E-state index in [-0.39, 0.29) is 12.1 Å². The zero-order valence-corrected chi connectivity index (χ0v) is 12.7. The van der Waals surface area contributed by atoms with E-state index >= 15 is 0 Å². The van der Waals surface area contributed by atoms with E-state index in [1.807, 2.05) is 0 Å². The largest absolute Gasteiger partial charge is 0.394 e. The van der Waals surface area contributed by atoms with Crippen molar-refractivity contribution in [2.24, 2.45) is 0 Å². The van der Waals surface area contributed by atoms with Crippen LogP contribution in [0.25, 0.3) is 0 Å². The molecule has 1 saturated carbocycles. The van der Waals surface area contributed by atoms with Crippen LogP contribution in [0.1, 0.15) is 59.8 Å². The fraction of sp³-hybridized carbons (Fsp3) is 1.00. The topological polar surface area (TPSA) is 35.5 Å². The molecule has 18 heavy (non-hydrogen) atoms. The van der Waals surface area contributed by atoms with Crippen LogP contribution in [0.3, 0.4) is 0 Å². The average Bonchev–Trinajstić information content (AvgIpc) is 2.35. The Hall–Kier alpha value is -0.120. The lowest BCUT2D eigenvalue weighted by Crippen LogP contribution is -2.57. The summed E-state index contributed by atoms with van der Waals surface area (Å²) in [7, 11) is 0. The van der Waals surface area contributed by atoms with Crippen LogP contribution in [0.5, 0.6) is 0 Å². The minimum absolute atomic E-state index is 0.0434. The second-order valence-corrected chi connectivity index (χ2v) is 6.12. The van der Waals surface area contributed by atoms with Gasteiger partial charge in [-0.1, -0.05) is 27.7 Å². The van der Waals surface area contributed by atoms with Crippen LogP contribution in [-0.2, 0) is 0 Å². The standard InChI is InChI=1S/C15H32N2O/c1-5-10-17(6-2)14-8-7-9-15(11-14,12-18)16-13(3)4/h13-14,16,18H,5-12H2,1-4H3. The third-order valence-corrected chi connectivity index (χ3v) is 4.15. The summed E-state index contributed by atoms with van der Waals surface area (Å²) < 4.78 is 0. The Balaban J connectivity index is 2.67. The van der Waals surface area contributed by atoms with Crippen molar-refractivity contribution in [3.05, 3.63) is 0 Å². The van der Waals surface area contributed by atoms with Gasteiger partial charge in [0.15, 0.2) is 0 Å². The van der Waals surface area contributed by atoms with Gasteiger partial charge in [0.05, 0.1) is 6.61 Å². The summed E-state index contributed by atoms with van der Waals surface area (Å²) in [5, 5.41) is 13.4. The molecule has 1 aliphatic rings. The Bertz CT molecular complexity index is 233. The normalized spacial score (nSPS) is 29.2. The molecule has 1 aliphatic carbocycles. The molecule has 3 nitrogen and oxygen atoms in total. The average molecular weight is 256 g/mol. The molecular weight excluding hydrogens is 224 g/mol. The summed E-state index contributed by atoms with van der Waals surface area (Å²) in [5.41, 5.74) is -0.0434. The molecule has 0 amide bonds. The first-order valence-electron chi connectivity index (χ1n) is 7.69. The third kappa shape index (κ3) is 4.22. The van der Waals surface area contributed by atoms with Crippen molar-refractivity contribution < 1.29 is 5.11 Å². The number of nitrogens with one attached hydrogen (secondary N) is 1. The molecule has 2 atom stereocenters. The second kappa shape index (κ2) is 7.46. The van der Waals surface area contributed by atoms with Gasteiger partial charge in [0.2, 0.25) is 0 Å². The molecular formula is C15H32N2O. The zero-order valence-electron chi connectivity index (χ0n) is 12.7. The Morgan fingerprint density at radius 1 is 1.39 bits per heavy atom. The maximum atomic E-state index is 9.81. The van der Waals surface area contributed by atoms with E-state index in [2.05, 4.69) is 37.9 Å². The summed E-state index contributed by atoms with van der Waals surface area (Å²) in [4.78, 5) is 2.59. The predicted octanol–water partition coefficient (Wildman–Crippen LogP) is 2.39. The molecule has 0 aliphatic heterocycles. The van der Waals surface area contributed by atoms with Gasteiger partial charge in [-0.05, 0) is 45.2 Å². The Kier molecular flexibility index (Phi) is 6.61. The van der Waals surface area contributed by atoms with Gasteiger partial charge in [-0.25, -0.2) is 0 Å². The van der Waals surface area contributed by atoms with E-state index in [1.54, 1.807) is 0 Å². The van der Waals surface area contributed by atoms with Crippen LogP contribution in [-0.4, -0.2) is 47.3 Å². The molecule has 0 aromatic heterocycles. The number of nitrogens with zero attached hydrogens (tertiary/aromatic N) is 1. The number of hydrogen-bond donors (Lipinski definition) is 2. The number of hydrogen-bond acceptors (Lipinski definition) is 3. The van der Waals surface area contributed by atoms with Crippen molar-refractivity contribution >= 4 is 0 Å². The smallest absolute Gasteiger partial charge is 0.0613 e. The minimum atomic E-state index is -0.0434. The van der Waals surface area contributed by atoms with Gasteiger partial charge in [-0.2, -0.15) is 0 Å². The molecule has 3 heteroatoms. The van der Waals surface area contributed by atoms with Gasteiger partial charge >= 0.3 is 0 Å². The SMILES string of the molecule is CCCN(CC)C1CCCC(CO)(NC(C)C)C1. The summed E-state index contributed by atoms with van der Waals surface area (Å²) >= 11 is 0. The molecule has 1 rings (SSSR count). The zero-order chi connectivity index (χ0) is 13.6. The Morgan fingerprint density at radius 2 is 2.11 bits per heavy atom. The van der Waals surface area contributed by atoms with Crippen LogP contribution in [0.2, 0.25) is 0 Å². The van der Waals surface area contributed by atoms with Crippen LogP contribution in [0.15, 0.2) is 0 Å². The van der Waals surface area contributed by atoms with Crippen molar-refractivity contribution in [3.63, 3.8) is 0 Å². The van der Waals surface area contributed by atoms with Gasteiger partial charge in [0.1, 0.15) is 0 Å². The Labute approximate surface area is 113 Å². The molecule has 0 heterocycles. The molecule has 0 aromatic carbocycles. The first-order chi connectivity index (χ1) is 8.56. The highest BCUT2D eigenvalue weighted by atomic mass is 16.3. The van der Waals surface area contributed by atoms with E-state index < -0.39 is 0 Å². The molecule has 0 aromatic rings. The van der Waals surface area contributed by atoms with E-state index in [1.165, 1.54) is 25.8 Å². The van der Waals surface area contributed by atoms with Crippen LogP contribution < -0.4 is 5.32 Å². The number of aliphatic hydroxyl groups excluding tert-OH is 1. The molecule has 0 bridgehead atoms. The van der Waals surface area contributed by atoms with E-state index in [9.17, 15) is 5.11 Å². The number of aliphatic hydroxyl groups is 1. The van der Waals surface area contributed by atoms with Gasteiger partial charge in [-0.3, -0.25) is 0 Å². The van der Waals surface area contributed by atoms with Gasteiger partial charge in [0, 0.05) is 17.6 Å². The highest BCUT2D eigenvalue weighted by Gasteiger charge is 2.37. The Morgan fingerprint density at radius 3 is 2.61 bits per heavy atom. The van der Waals surface area contributed by atoms with Crippen molar-refractivity contribution in [1.29, 1.82) is 0 Å². The van der Waals surface area contributed by atoms with E-state index in [0.717, 1.165) is 19.4 Å². The minimum Gasteiger partial charge on any atom is -0.394 e. The first kappa shape index (κ1) is 15.9. The second-order valence-electron chi connectivity index (χ2n) is 6.12. The lowest BCUT2D eigenvalue weighted by molar-refractivity contribution is 0.0561. The van der Waals surface area contributed by atoms with Crippen LogP contribution >= 0.6 is 0 Å². The molecule has 1 fully saturated rings. The van der Waals surface area contributed by atoms with Crippen molar-refractivity contribution in [2.75, 3.05) is 19.7 Å². The first-order valence-corrected chi connectivity index (χ1v) is 7.69. The molecule has 0 saturated heterocycles. The van der Waals surface area contributed by atoms with Crippen molar-refractivity contribution in [3.8, 4) is 0 Å². The monoisotopic (exact) mass is 256 g/mol. The summed E-state index contributed by atoms with van der Waals surface area (Å²) in [6.45, 7) is 11.4. The van der Waals surface area contributed by atoms with E-state index in [4.69, 9.17) is 0 Å². The van der Waals surface area contributed by atoms with Gasteiger partial charge < -0.3 is 15.3 Å². The maximum Gasteiger partial charge on any atom is 0.0613 e. The third-order valence-electron chi connectivity index (χ3n) is 4.15. The lowest BCUT2D eigenvalue weighted by Gasteiger charge is -2.45. The van der Waals surface area contributed by atoms with Crippen molar-refractivity contribution in [2.45, 2.75) is 77.4 Å². The lowest BCUT2D eigenvalue weighted by atomic mass is 9.78. The number of rotatable bonds is 7. The summed E-state index contributed by atoms with van der Waals surface area (Å²) in [6.07, 6.45) is 5.94. The molecule has 108 valence electrons. The van der Waals surface area contributed by atoms with Crippen LogP contribution in [0.4, 0.5) is 0 Å². The quantitative estimate of drug-likeness (QED) is 0.734. The molecule has 0 spiro atoms. The highest BCUT2D eigenvalue weighted by molar-refractivity contribution is 4.97. The fourth-order valence-electron chi connectivity index (χ4n) is 3.46. The van der Waals surface area contributed by atoms with Gasteiger partial charge in [-0.15, -0.1) is 0 Å². The van der Waals surface area contributed by atoms with Crippen LogP contribution in [0, 0.1) is 0 Å².